The molecule has 0 spiro atoms. The molecule has 0 unspecified atom stereocenters. The van der Waals surface area contributed by atoms with Gasteiger partial charge in [-0.15, -0.1) is 0 Å². The zero-order valence-electron chi connectivity index (χ0n) is 16.9. The zero-order valence-corrected chi connectivity index (χ0v) is 19.3. The van der Waals surface area contributed by atoms with E-state index in [0.717, 1.165) is 30.2 Å². The summed E-state index contributed by atoms with van der Waals surface area (Å²) in [5.74, 6) is 0.714. The van der Waals surface area contributed by atoms with E-state index in [1.54, 1.807) is 16.3 Å². The van der Waals surface area contributed by atoms with Gasteiger partial charge in [0, 0.05) is 43.7 Å². The summed E-state index contributed by atoms with van der Waals surface area (Å²) in [6, 6.07) is 7.60. The zero-order chi connectivity index (χ0) is 20.9. The highest BCUT2D eigenvalue weighted by Crippen LogP contribution is 2.25. The van der Waals surface area contributed by atoms with E-state index in [4.69, 9.17) is 4.74 Å². The largest absolute Gasteiger partial charge is 0.493 e. The SMILES string of the molecule is CN(C1CCCCC1)S(=O)(=O)N1CCN(C(=O)CCOc2cccc(Br)c2)CC1. The molecule has 0 bridgehead atoms. The number of hydrogen-bond acceptors (Lipinski definition) is 4. The number of nitrogens with zero attached hydrogens (tertiary/aromatic N) is 3. The minimum Gasteiger partial charge on any atom is -0.493 e. The maximum Gasteiger partial charge on any atom is 0.282 e. The van der Waals surface area contributed by atoms with Crippen molar-refractivity contribution in [1.29, 1.82) is 0 Å². The van der Waals surface area contributed by atoms with E-state index in [1.807, 2.05) is 24.3 Å². The van der Waals surface area contributed by atoms with Crippen molar-refractivity contribution in [3.8, 4) is 5.75 Å². The Bertz CT molecular complexity index is 791. The lowest BCUT2D eigenvalue weighted by atomic mass is 9.96. The van der Waals surface area contributed by atoms with Crippen molar-refractivity contribution in [3.63, 3.8) is 0 Å². The Labute approximate surface area is 182 Å². The Morgan fingerprint density at radius 1 is 1.17 bits per heavy atom. The first-order valence-electron chi connectivity index (χ1n) is 10.3. The third-order valence-corrected chi connectivity index (χ3v) is 8.29. The van der Waals surface area contributed by atoms with Crippen molar-refractivity contribution < 1.29 is 17.9 Å². The normalized spacial score (nSPS) is 19.5. The van der Waals surface area contributed by atoms with Gasteiger partial charge in [0.05, 0.1) is 13.0 Å². The Morgan fingerprint density at radius 2 is 1.86 bits per heavy atom. The van der Waals surface area contributed by atoms with Gasteiger partial charge in [0.2, 0.25) is 5.91 Å². The van der Waals surface area contributed by atoms with Crippen molar-refractivity contribution in [3.05, 3.63) is 28.7 Å². The van der Waals surface area contributed by atoms with Crippen molar-refractivity contribution in [2.24, 2.45) is 0 Å². The molecule has 7 nitrogen and oxygen atoms in total. The predicted molar refractivity (Wildman–Crippen MR) is 116 cm³/mol. The standard InChI is InChI=1S/C20H30BrN3O4S/c1-22(18-7-3-2-4-8-18)29(26,27)24-13-11-23(12-14-24)20(25)10-15-28-19-9-5-6-17(21)16-19/h5-6,9,16,18H,2-4,7-8,10-15H2,1H3. The Balaban J connectivity index is 1.44. The van der Waals surface area contributed by atoms with E-state index in [1.165, 1.54) is 10.7 Å². The van der Waals surface area contributed by atoms with Gasteiger partial charge in [0.1, 0.15) is 5.75 Å². The molecule has 3 rings (SSSR count). The van der Waals surface area contributed by atoms with Crippen molar-refractivity contribution in [1.82, 2.24) is 13.5 Å². The summed E-state index contributed by atoms with van der Waals surface area (Å²) >= 11 is 3.39. The van der Waals surface area contributed by atoms with Crippen LogP contribution in [0.3, 0.4) is 0 Å². The van der Waals surface area contributed by atoms with Crippen LogP contribution in [-0.4, -0.2) is 73.7 Å². The summed E-state index contributed by atoms with van der Waals surface area (Å²) in [6.45, 7) is 1.84. The molecule has 9 heteroatoms. The molecule has 1 aliphatic carbocycles. The first-order chi connectivity index (χ1) is 13.9. The van der Waals surface area contributed by atoms with E-state index in [0.29, 0.717) is 38.5 Å². The van der Waals surface area contributed by atoms with Gasteiger partial charge in [-0.05, 0) is 31.0 Å². The van der Waals surface area contributed by atoms with Crippen molar-refractivity contribution in [2.45, 2.75) is 44.6 Å². The van der Waals surface area contributed by atoms with Crippen LogP contribution < -0.4 is 4.74 Å². The second-order valence-corrected chi connectivity index (χ2v) is 10.6. The molecule has 1 amide bonds. The van der Waals surface area contributed by atoms with Crippen LogP contribution in [0.5, 0.6) is 5.75 Å². The maximum absolute atomic E-state index is 12.9. The summed E-state index contributed by atoms with van der Waals surface area (Å²) in [4.78, 5) is 14.2. The van der Waals surface area contributed by atoms with E-state index >= 15 is 0 Å². The summed E-state index contributed by atoms with van der Waals surface area (Å²) < 4.78 is 35.5. The molecule has 162 valence electrons. The first-order valence-corrected chi connectivity index (χ1v) is 12.5. The molecule has 0 N–H and O–H groups in total. The number of benzene rings is 1. The van der Waals surface area contributed by atoms with E-state index in [-0.39, 0.29) is 18.4 Å². The second kappa shape index (κ2) is 10.2. The van der Waals surface area contributed by atoms with Crippen LogP contribution in [0.25, 0.3) is 0 Å². The molecular formula is C20H30BrN3O4S. The molecule has 1 aromatic carbocycles. The molecule has 0 radical (unpaired) electrons. The topological polar surface area (TPSA) is 70.2 Å². The molecule has 0 aromatic heterocycles. The average molecular weight is 488 g/mol. The minimum atomic E-state index is -3.47. The molecule has 2 fully saturated rings. The van der Waals surface area contributed by atoms with Gasteiger partial charge < -0.3 is 9.64 Å². The Morgan fingerprint density at radius 3 is 2.52 bits per heavy atom. The molecule has 1 saturated carbocycles. The van der Waals surface area contributed by atoms with Crippen LogP contribution in [-0.2, 0) is 15.0 Å². The number of rotatable bonds is 7. The lowest BCUT2D eigenvalue weighted by Gasteiger charge is -2.38. The number of carbonyl (C=O) groups is 1. The lowest BCUT2D eigenvalue weighted by molar-refractivity contribution is -0.132. The number of hydrogen-bond donors (Lipinski definition) is 0. The highest BCUT2D eigenvalue weighted by Gasteiger charge is 2.35. The van der Waals surface area contributed by atoms with Gasteiger partial charge in [-0.3, -0.25) is 4.79 Å². The molecule has 1 heterocycles. The van der Waals surface area contributed by atoms with E-state index in [2.05, 4.69) is 15.9 Å². The predicted octanol–water partition coefficient (Wildman–Crippen LogP) is 2.87. The average Bonchev–Trinajstić information content (AvgIpc) is 2.74. The van der Waals surface area contributed by atoms with Crippen molar-refractivity contribution >= 4 is 32.0 Å². The molecule has 1 saturated heterocycles. The van der Waals surface area contributed by atoms with E-state index in [9.17, 15) is 13.2 Å². The lowest BCUT2D eigenvalue weighted by Crippen LogP contribution is -2.55. The van der Waals surface area contributed by atoms with Gasteiger partial charge in [0.25, 0.3) is 10.2 Å². The molecule has 0 atom stereocenters. The monoisotopic (exact) mass is 487 g/mol. The number of carbonyl (C=O) groups excluding carboxylic acids is 1. The fourth-order valence-electron chi connectivity index (χ4n) is 3.95. The van der Waals surface area contributed by atoms with Gasteiger partial charge >= 0.3 is 0 Å². The van der Waals surface area contributed by atoms with Crippen LogP contribution in [0.1, 0.15) is 38.5 Å². The fraction of sp³-hybridized carbons (Fsp3) is 0.650. The second-order valence-electron chi connectivity index (χ2n) is 7.65. The van der Waals surface area contributed by atoms with Gasteiger partial charge in [-0.1, -0.05) is 41.3 Å². The number of piperazine rings is 1. The smallest absolute Gasteiger partial charge is 0.282 e. The van der Waals surface area contributed by atoms with E-state index < -0.39 is 10.2 Å². The Kier molecular flexibility index (Phi) is 7.95. The van der Waals surface area contributed by atoms with Crippen LogP contribution in [0.2, 0.25) is 0 Å². The molecule has 1 aliphatic heterocycles. The number of amides is 1. The van der Waals surface area contributed by atoms with Gasteiger partial charge in [-0.2, -0.15) is 17.0 Å². The third kappa shape index (κ3) is 5.93. The Hall–Kier alpha value is -1.16. The summed E-state index contributed by atoms with van der Waals surface area (Å²) in [7, 11) is -1.77. The van der Waals surface area contributed by atoms with Crippen LogP contribution in [0.4, 0.5) is 0 Å². The van der Waals surface area contributed by atoms with Crippen LogP contribution >= 0.6 is 15.9 Å². The summed E-state index contributed by atoms with van der Waals surface area (Å²) in [5, 5.41) is 0. The van der Waals surface area contributed by atoms with Crippen molar-refractivity contribution in [2.75, 3.05) is 39.8 Å². The summed E-state index contributed by atoms with van der Waals surface area (Å²) in [5.41, 5.74) is 0. The quantitative estimate of drug-likeness (QED) is 0.592. The molecule has 29 heavy (non-hydrogen) atoms. The first kappa shape index (κ1) is 22.5. The highest BCUT2D eigenvalue weighted by atomic mass is 79.9. The fourth-order valence-corrected chi connectivity index (χ4v) is 5.91. The number of halogens is 1. The number of ether oxygens (including phenoxy) is 1. The van der Waals surface area contributed by atoms with Crippen LogP contribution in [0.15, 0.2) is 28.7 Å². The molecule has 1 aromatic rings. The third-order valence-electron chi connectivity index (χ3n) is 5.75. The van der Waals surface area contributed by atoms with Crippen LogP contribution in [0, 0.1) is 0 Å². The molecular weight excluding hydrogens is 458 g/mol. The molecule has 2 aliphatic rings. The van der Waals surface area contributed by atoms with Gasteiger partial charge in [0.15, 0.2) is 0 Å². The summed E-state index contributed by atoms with van der Waals surface area (Å²) in [6.07, 6.45) is 5.53. The minimum absolute atomic E-state index is 0.00215. The maximum atomic E-state index is 12.9. The van der Waals surface area contributed by atoms with Gasteiger partial charge in [-0.25, -0.2) is 0 Å². The highest BCUT2D eigenvalue weighted by molar-refractivity contribution is 9.10.